The van der Waals surface area contributed by atoms with E-state index in [2.05, 4.69) is 4.98 Å². The molecule has 0 spiro atoms. The minimum absolute atomic E-state index is 0.0940. The Morgan fingerprint density at radius 1 is 1.19 bits per heavy atom. The van der Waals surface area contributed by atoms with Gasteiger partial charge in [0.15, 0.2) is 0 Å². The number of aromatic nitrogens is 3. The first-order valence-electron chi connectivity index (χ1n) is 8.23. The summed E-state index contributed by atoms with van der Waals surface area (Å²) in [6, 6.07) is 1.51. The Bertz CT molecular complexity index is 1050. The summed E-state index contributed by atoms with van der Waals surface area (Å²) in [5.74, 6) is -2.10. The first-order chi connectivity index (χ1) is 12.1. The molecule has 26 heavy (non-hydrogen) atoms. The van der Waals surface area contributed by atoms with E-state index in [0.717, 1.165) is 4.57 Å². The fourth-order valence-electron chi connectivity index (χ4n) is 3.46. The molecule has 2 aromatic heterocycles. The van der Waals surface area contributed by atoms with Crippen LogP contribution in [0.5, 0.6) is 0 Å². The van der Waals surface area contributed by atoms with Crippen molar-refractivity contribution in [1.82, 2.24) is 19.0 Å². The fraction of sp³-hybridized carbons (Fsp3) is 0.471. The fourth-order valence-corrected chi connectivity index (χ4v) is 3.46. The maximum atomic E-state index is 12.8. The van der Waals surface area contributed by atoms with Gasteiger partial charge in [-0.15, -0.1) is 0 Å². The van der Waals surface area contributed by atoms with Crippen molar-refractivity contribution < 1.29 is 14.7 Å². The van der Waals surface area contributed by atoms with E-state index in [4.69, 9.17) is 0 Å². The van der Waals surface area contributed by atoms with Crippen LogP contribution in [0, 0.1) is 18.8 Å². The smallest absolute Gasteiger partial charge is 0.332 e. The molecule has 0 radical (unpaired) electrons. The molecule has 1 fully saturated rings. The van der Waals surface area contributed by atoms with E-state index in [9.17, 15) is 24.3 Å². The minimum Gasteiger partial charge on any atom is -0.481 e. The maximum Gasteiger partial charge on any atom is 0.332 e. The number of amides is 1. The van der Waals surface area contributed by atoms with Crippen LogP contribution in [0.15, 0.2) is 15.7 Å². The van der Waals surface area contributed by atoms with Crippen molar-refractivity contribution in [3.63, 3.8) is 0 Å². The number of rotatable bonds is 2. The molecule has 3 rings (SSSR count). The Hall–Kier alpha value is -2.97. The first-order valence-corrected chi connectivity index (χ1v) is 8.23. The van der Waals surface area contributed by atoms with Crippen molar-refractivity contribution in [2.24, 2.45) is 25.9 Å². The van der Waals surface area contributed by atoms with Crippen molar-refractivity contribution >= 4 is 22.9 Å². The van der Waals surface area contributed by atoms with Gasteiger partial charge >= 0.3 is 11.7 Å². The molecule has 1 aliphatic heterocycles. The van der Waals surface area contributed by atoms with Crippen molar-refractivity contribution in [3.05, 3.63) is 38.2 Å². The van der Waals surface area contributed by atoms with Gasteiger partial charge in [-0.2, -0.15) is 0 Å². The van der Waals surface area contributed by atoms with E-state index in [1.54, 1.807) is 13.8 Å². The number of hydrogen-bond acceptors (Lipinski definition) is 5. The molecule has 2 aromatic rings. The minimum atomic E-state index is -0.929. The highest BCUT2D eigenvalue weighted by molar-refractivity contribution is 5.95. The lowest BCUT2D eigenvalue weighted by Crippen LogP contribution is -2.38. The number of carbonyl (C=O) groups is 2. The number of carbonyl (C=O) groups excluding carboxylic acids is 1. The molecular weight excluding hydrogens is 340 g/mol. The standard InChI is InChI=1S/C17H20N4O5/c1-8-5-11(14(22)21-6-9(2)10(7-21)16(24)25)18-13-12(8)15(23)20(4)17(26)19(13)3/h5,9-10H,6-7H2,1-4H3,(H,24,25)/t9-,10-/m1/s1. The molecule has 0 aromatic carbocycles. The Labute approximate surface area is 148 Å². The van der Waals surface area contributed by atoms with Crippen LogP contribution >= 0.6 is 0 Å². The zero-order chi connectivity index (χ0) is 19.3. The largest absolute Gasteiger partial charge is 0.481 e. The Balaban J connectivity index is 2.10. The van der Waals surface area contributed by atoms with Crippen molar-refractivity contribution in [1.29, 1.82) is 0 Å². The topological polar surface area (TPSA) is 114 Å². The third-order valence-electron chi connectivity index (χ3n) is 5.04. The third-order valence-corrected chi connectivity index (χ3v) is 5.04. The Morgan fingerprint density at radius 3 is 2.42 bits per heavy atom. The van der Waals surface area contributed by atoms with Gasteiger partial charge in [0, 0.05) is 27.2 Å². The van der Waals surface area contributed by atoms with Crippen LogP contribution in [-0.4, -0.2) is 49.1 Å². The zero-order valence-electron chi connectivity index (χ0n) is 15.0. The van der Waals surface area contributed by atoms with Crippen molar-refractivity contribution in [3.8, 4) is 0 Å². The molecule has 0 saturated carbocycles. The summed E-state index contributed by atoms with van der Waals surface area (Å²) >= 11 is 0. The number of aryl methyl sites for hydroxylation is 2. The maximum absolute atomic E-state index is 12.8. The van der Waals surface area contributed by atoms with Gasteiger partial charge in [-0.1, -0.05) is 6.92 Å². The number of fused-ring (bicyclic) bond motifs is 1. The molecule has 138 valence electrons. The second-order valence-corrected chi connectivity index (χ2v) is 6.86. The molecule has 3 heterocycles. The lowest BCUT2D eigenvalue weighted by molar-refractivity contribution is -0.142. The predicted molar refractivity (Wildman–Crippen MR) is 93.2 cm³/mol. The van der Waals surface area contributed by atoms with Crippen LogP contribution < -0.4 is 11.2 Å². The highest BCUT2D eigenvalue weighted by Gasteiger charge is 2.37. The lowest BCUT2D eigenvalue weighted by atomic mass is 9.99. The molecule has 1 aliphatic rings. The SMILES string of the molecule is Cc1cc(C(=O)N2C[C@@H](C)[C@H](C(=O)O)C2)nc2c1c(=O)n(C)c(=O)n2C. The highest BCUT2D eigenvalue weighted by atomic mass is 16.4. The van der Waals surface area contributed by atoms with Gasteiger partial charge in [-0.25, -0.2) is 9.78 Å². The number of aliphatic carboxylic acids is 1. The average Bonchev–Trinajstić information content (AvgIpc) is 2.98. The number of likely N-dealkylation sites (tertiary alicyclic amines) is 1. The summed E-state index contributed by atoms with van der Waals surface area (Å²) in [7, 11) is 2.88. The van der Waals surface area contributed by atoms with Crippen LogP contribution in [0.1, 0.15) is 23.0 Å². The molecule has 1 saturated heterocycles. The van der Waals surface area contributed by atoms with Crippen LogP contribution in [0.25, 0.3) is 11.0 Å². The molecule has 0 aliphatic carbocycles. The van der Waals surface area contributed by atoms with E-state index in [-0.39, 0.29) is 29.2 Å². The molecular formula is C17H20N4O5. The molecule has 9 nitrogen and oxygen atoms in total. The lowest BCUT2D eigenvalue weighted by Gasteiger charge is -2.17. The number of carboxylic acid groups (broad SMARTS) is 1. The monoisotopic (exact) mass is 360 g/mol. The quantitative estimate of drug-likeness (QED) is 0.789. The molecule has 2 atom stereocenters. The van der Waals surface area contributed by atoms with E-state index in [1.165, 1.54) is 29.6 Å². The van der Waals surface area contributed by atoms with E-state index in [1.807, 2.05) is 0 Å². The van der Waals surface area contributed by atoms with Gasteiger partial charge in [-0.05, 0) is 24.5 Å². The van der Waals surface area contributed by atoms with Crippen LogP contribution in [0.4, 0.5) is 0 Å². The van der Waals surface area contributed by atoms with Crippen LogP contribution in [-0.2, 0) is 18.9 Å². The normalized spacial score (nSPS) is 19.9. The number of pyridine rings is 1. The van der Waals surface area contributed by atoms with Crippen molar-refractivity contribution in [2.75, 3.05) is 13.1 Å². The Morgan fingerprint density at radius 2 is 1.85 bits per heavy atom. The average molecular weight is 360 g/mol. The summed E-state index contributed by atoms with van der Waals surface area (Å²) in [5, 5.41) is 9.52. The van der Waals surface area contributed by atoms with Gasteiger partial charge in [0.1, 0.15) is 11.3 Å². The van der Waals surface area contributed by atoms with E-state index in [0.29, 0.717) is 12.1 Å². The predicted octanol–water partition coefficient (Wildman–Crippen LogP) is -0.267. The van der Waals surface area contributed by atoms with Crippen LogP contribution in [0.3, 0.4) is 0 Å². The third kappa shape index (κ3) is 2.59. The van der Waals surface area contributed by atoms with E-state index >= 15 is 0 Å². The number of nitrogens with zero attached hydrogens (tertiary/aromatic N) is 4. The number of carboxylic acids is 1. The molecule has 0 unspecified atom stereocenters. The summed E-state index contributed by atoms with van der Waals surface area (Å²) in [6.45, 7) is 3.91. The Kier molecular flexibility index (Phi) is 4.17. The molecule has 1 N–H and O–H groups in total. The summed E-state index contributed by atoms with van der Waals surface area (Å²) in [5.41, 5.74) is -0.218. The molecule has 1 amide bonds. The zero-order valence-corrected chi connectivity index (χ0v) is 15.0. The summed E-state index contributed by atoms with van der Waals surface area (Å²) < 4.78 is 2.23. The highest BCUT2D eigenvalue weighted by Crippen LogP contribution is 2.25. The first kappa shape index (κ1) is 17.8. The second-order valence-electron chi connectivity index (χ2n) is 6.86. The van der Waals surface area contributed by atoms with Crippen molar-refractivity contribution in [2.45, 2.75) is 13.8 Å². The van der Waals surface area contributed by atoms with E-state index < -0.39 is 29.0 Å². The second kappa shape index (κ2) is 6.08. The molecule has 9 heteroatoms. The van der Waals surface area contributed by atoms with Gasteiger partial charge < -0.3 is 10.0 Å². The summed E-state index contributed by atoms with van der Waals surface area (Å²) in [4.78, 5) is 54.3. The summed E-state index contributed by atoms with van der Waals surface area (Å²) in [6.07, 6.45) is 0. The molecule has 0 bridgehead atoms. The van der Waals surface area contributed by atoms with Gasteiger partial charge in [0.2, 0.25) is 0 Å². The van der Waals surface area contributed by atoms with Gasteiger partial charge in [-0.3, -0.25) is 23.5 Å². The van der Waals surface area contributed by atoms with Crippen LogP contribution in [0.2, 0.25) is 0 Å². The number of hydrogen-bond donors (Lipinski definition) is 1. The van der Waals surface area contributed by atoms with Gasteiger partial charge in [0.05, 0.1) is 11.3 Å². The van der Waals surface area contributed by atoms with Gasteiger partial charge in [0.25, 0.3) is 11.5 Å².